The number of piperidine rings is 1. The number of sulfonamides is 1. The van der Waals surface area contributed by atoms with Crippen molar-refractivity contribution < 1.29 is 13.2 Å². The van der Waals surface area contributed by atoms with E-state index in [9.17, 15) is 13.2 Å². The van der Waals surface area contributed by atoms with Crippen LogP contribution in [0.3, 0.4) is 0 Å². The summed E-state index contributed by atoms with van der Waals surface area (Å²) in [6.07, 6.45) is 4.50. The van der Waals surface area contributed by atoms with Gasteiger partial charge in [-0.2, -0.15) is 4.31 Å². The number of amides is 1. The molecule has 0 atom stereocenters. The third-order valence-electron chi connectivity index (χ3n) is 6.57. The number of pyridine rings is 1. The minimum Gasteiger partial charge on any atom is -0.278 e. The molecule has 9 heteroatoms. The molecule has 36 heavy (non-hydrogen) atoms. The first-order valence-electron chi connectivity index (χ1n) is 12.0. The van der Waals surface area contributed by atoms with Crippen molar-refractivity contribution in [2.45, 2.75) is 44.6 Å². The third kappa shape index (κ3) is 4.91. The van der Waals surface area contributed by atoms with Crippen molar-refractivity contribution in [1.29, 1.82) is 0 Å². The smallest absolute Gasteiger partial charge is 0.260 e. The fourth-order valence-corrected chi connectivity index (χ4v) is 6.90. The highest BCUT2D eigenvalue weighted by Gasteiger charge is 2.27. The molecule has 0 spiro atoms. The molecule has 1 aliphatic rings. The van der Waals surface area contributed by atoms with Gasteiger partial charge in [0, 0.05) is 24.8 Å². The lowest BCUT2D eigenvalue weighted by Crippen LogP contribution is -2.35. The summed E-state index contributed by atoms with van der Waals surface area (Å²) in [6.45, 7) is 5.44. The van der Waals surface area contributed by atoms with Gasteiger partial charge in [0.25, 0.3) is 5.91 Å². The Balaban J connectivity index is 1.48. The number of hydrogen-bond acceptors (Lipinski definition) is 6. The summed E-state index contributed by atoms with van der Waals surface area (Å²) in [7, 11) is -3.56. The van der Waals surface area contributed by atoms with Gasteiger partial charge >= 0.3 is 0 Å². The van der Waals surface area contributed by atoms with Crippen molar-refractivity contribution in [2.24, 2.45) is 0 Å². The lowest BCUT2D eigenvalue weighted by Gasteiger charge is -2.26. The van der Waals surface area contributed by atoms with Gasteiger partial charge in [-0.3, -0.25) is 14.7 Å². The summed E-state index contributed by atoms with van der Waals surface area (Å²) in [5.41, 5.74) is 4.30. The number of benzene rings is 2. The van der Waals surface area contributed by atoms with Gasteiger partial charge in [-0.05, 0) is 86.3 Å². The molecule has 1 amide bonds. The third-order valence-corrected chi connectivity index (χ3v) is 9.52. The molecule has 0 unspecified atom stereocenters. The van der Waals surface area contributed by atoms with Gasteiger partial charge in [0.1, 0.15) is 0 Å². The van der Waals surface area contributed by atoms with E-state index >= 15 is 0 Å². The molecule has 3 heterocycles. The van der Waals surface area contributed by atoms with Gasteiger partial charge in [0.05, 0.1) is 27.4 Å². The minimum atomic E-state index is -3.56. The molecule has 2 aromatic heterocycles. The SMILES string of the molecule is Cc1cc2nc(N(Cc3ccccn3)C(=O)c3ccc(S(=O)(=O)N4CCCCC4)cc3)sc2cc1C. The van der Waals surface area contributed by atoms with E-state index in [1.165, 1.54) is 33.3 Å². The van der Waals surface area contributed by atoms with E-state index in [1.54, 1.807) is 23.2 Å². The van der Waals surface area contributed by atoms with E-state index in [-0.39, 0.29) is 17.3 Å². The van der Waals surface area contributed by atoms with Crippen molar-refractivity contribution >= 4 is 42.6 Å². The molecule has 4 aromatic rings. The molecule has 1 fully saturated rings. The van der Waals surface area contributed by atoms with E-state index in [0.717, 1.165) is 40.7 Å². The van der Waals surface area contributed by atoms with Crippen molar-refractivity contribution in [1.82, 2.24) is 14.3 Å². The zero-order valence-corrected chi connectivity index (χ0v) is 22.0. The Kier molecular flexibility index (Phi) is 6.87. The number of aryl methyl sites for hydroxylation is 2. The van der Waals surface area contributed by atoms with Gasteiger partial charge in [0.15, 0.2) is 5.13 Å². The van der Waals surface area contributed by atoms with Crippen LogP contribution in [0.25, 0.3) is 10.2 Å². The summed E-state index contributed by atoms with van der Waals surface area (Å²) >= 11 is 1.46. The van der Waals surface area contributed by atoms with Crippen LogP contribution in [-0.2, 0) is 16.6 Å². The number of thiazole rings is 1. The van der Waals surface area contributed by atoms with Crippen LogP contribution in [0.4, 0.5) is 5.13 Å². The minimum absolute atomic E-state index is 0.211. The maximum Gasteiger partial charge on any atom is 0.260 e. The molecule has 186 valence electrons. The number of rotatable bonds is 6. The molecule has 0 radical (unpaired) electrons. The Labute approximate surface area is 215 Å². The van der Waals surface area contributed by atoms with E-state index in [4.69, 9.17) is 4.98 Å². The van der Waals surface area contributed by atoms with Crippen molar-refractivity contribution in [3.8, 4) is 0 Å². The molecule has 1 saturated heterocycles. The van der Waals surface area contributed by atoms with Crippen LogP contribution in [0.2, 0.25) is 0 Å². The second-order valence-electron chi connectivity index (χ2n) is 9.10. The first-order valence-corrected chi connectivity index (χ1v) is 14.3. The van der Waals surface area contributed by atoms with Gasteiger partial charge < -0.3 is 0 Å². The standard InChI is InChI=1S/C27H28N4O3S2/c1-19-16-24-25(17-20(19)2)35-27(29-24)31(18-22-8-4-5-13-28-22)26(32)21-9-11-23(12-10-21)36(33,34)30-14-6-3-7-15-30/h4-5,8-13,16-17H,3,6-7,14-15,18H2,1-2H3. The van der Waals surface area contributed by atoms with Crippen LogP contribution in [0.5, 0.6) is 0 Å². The average molecular weight is 521 g/mol. The zero-order valence-electron chi connectivity index (χ0n) is 20.3. The Morgan fingerprint density at radius 1 is 1.00 bits per heavy atom. The number of anilines is 1. The average Bonchev–Trinajstić information content (AvgIpc) is 3.30. The highest BCUT2D eigenvalue weighted by atomic mass is 32.2. The van der Waals surface area contributed by atoms with E-state index < -0.39 is 10.0 Å². The number of carbonyl (C=O) groups excluding carboxylic acids is 1. The molecule has 2 aromatic carbocycles. The fourth-order valence-electron chi connectivity index (χ4n) is 4.34. The summed E-state index contributed by atoms with van der Waals surface area (Å²) < 4.78 is 28.6. The maximum atomic E-state index is 13.7. The second kappa shape index (κ2) is 10.1. The number of carbonyl (C=O) groups is 1. The summed E-state index contributed by atoms with van der Waals surface area (Å²) in [5.74, 6) is -0.255. The number of hydrogen-bond donors (Lipinski definition) is 0. The Morgan fingerprint density at radius 3 is 2.42 bits per heavy atom. The topological polar surface area (TPSA) is 83.5 Å². The highest BCUT2D eigenvalue weighted by molar-refractivity contribution is 7.89. The lowest BCUT2D eigenvalue weighted by atomic mass is 10.1. The lowest BCUT2D eigenvalue weighted by molar-refractivity contribution is 0.0984. The predicted molar refractivity (Wildman–Crippen MR) is 143 cm³/mol. The van der Waals surface area contributed by atoms with Crippen molar-refractivity contribution in [3.05, 3.63) is 83.2 Å². The number of aromatic nitrogens is 2. The second-order valence-corrected chi connectivity index (χ2v) is 12.0. The molecule has 1 aliphatic heterocycles. The Hall–Kier alpha value is -3.14. The van der Waals surface area contributed by atoms with Crippen LogP contribution in [0.1, 0.15) is 46.4 Å². The molecular weight excluding hydrogens is 492 g/mol. The monoisotopic (exact) mass is 520 g/mol. The summed E-state index contributed by atoms with van der Waals surface area (Å²) in [6, 6.07) is 16.0. The first kappa shape index (κ1) is 24.5. The zero-order chi connectivity index (χ0) is 25.3. The van der Waals surface area contributed by atoms with Gasteiger partial charge in [-0.1, -0.05) is 23.8 Å². The molecule has 5 rings (SSSR count). The van der Waals surface area contributed by atoms with Crippen LogP contribution in [-0.4, -0.2) is 41.7 Å². The van der Waals surface area contributed by atoms with Crippen LogP contribution in [0, 0.1) is 13.8 Å². The normalized spacial score (nSPS) is 14.7. The first-order chi connectivity index (χ1) is 17.3. The largest absolute Gasteiger partial charge is 0.278 e. The van der Waals surface area contributed by atoms with E-state index in [2.05, 4.69) is 18.0 Å². The quantitative estimate of drug-likeness (QED) is 0.343. The summed E-state index contributed by atoms with van der Waals surface area (Å²) in [4.78, 5) is 24.7. The van der Waals surface area contributed by atoms with Crippen molar-refractivity contribution in [2.75, 3.05) is 18.0 Å². The molecular formula is C27H28N4O3S2. The molecule has 0 aliphatic carbocycles. The predicted octanol–water partition coefficient (Wildman–Crippen LogP) is 5.33. The highest BCUT2D eigenvalue weighted by Crippen LogP contribution is 2.32. The van der Waals surface area contributed by atoms with Crippen LogP contribution in [0.15, 0.2) is 65.7 Å². The number of fused-ring (bicyclic) bond motifs is 1. The van der Waals surface area contributed by atoms with E-state index in [1.807, 2.05) is 31.2 Å². The van der Waals surface area contributed by atoms with E-state index in [0.29, 0.717) is 23.8 Å². The Bertz CT molecular complexity index is 1450. The fraction of sp³-hybridized carbons (Fsp3) is 0.296. The van der Waals surface area contributed by atoms with Crippen LogP contribution < -0.4 is 4.90 Å². The van der Waals surface area contributed by atoms with Gasteiger partial charge in [0.2, 0.25) is 10.0 Å². The van der Waals surface area contributed by atoms with Gasteiger partial charge in [-0.25, -0.2) is 13.4 Å². The van der Waals surface area contributed by atoms with Crippen LogP contribution >= 0.6 is 11.3 Å². The molecule has 0 bridgehead atoms. The Morgan fingerprint density at radius 2 is 1.72 bits per heavy atom. The molecule has 0 saturated carbocycles. The summed E-state index contributed by atoms with van der Waals surface area (Å²) in [5, 5.41) is 0.579. The van der Waals surface area contributed by atoms with Crippen molar-refractivity contribution in [3.63, 3.8) is 0 Å². The number of nitrogens with zero attached hydrogens (tertiary/aromatic N) is 4. The molecule has 0 N–H and O–H groups in total. The molecule has 7 nitrogen and oxygen atoms in total. The maximum absolute atomic E-state index is 13.7. The van der Waals surface area contributed by atoms with Gasteiger partial charge in [-0.15, -0.1) is 0 Å².